The van der Waals surface area contributed by atoms with Gasteiger partial charge >= 0.3 is 0 Å². The van der Waals surface area contributed by atoms with E-state index in [0.717, 1.165) is 6.26 Å². The third kappa shape index (κ3) is 5.18. The molecule has 0 atom stereocenters. The van der Waals surface area contributed by atoms with Gasteiger partial charge in [0.25, 0.3) is 0 Å². The number of carbonyl (C=O) groups is 1. The summed E-state index contributed by atoms with van der Waals surface area (Å²) in [5.74, 6) is 0.435. The fraction of sp³-hybridized carbons (Fsp3) is 0.235. The van der Waals surface area contributed by atoms with Crippen molar-refractivity contribution in [2.24, 2.45) is 0 Å². The lowest BCUT2D eigenvalue weighted by molar-refractivity contribution is -0.114. The Balaban J connectivity index is 2.18. The van der Waals surface area contributed by atoms with Crippen molar-refractivity contribution in [3.8, 4) is 11.5 Å². The zero-order chi connectivity index (χ0) is 20.2. The summed E-state index contributed by atoms with van der Waals surface area (Å²) < 4.78 is 34.1. The lowest BCUT2D eigenvalue weighted by Gasteiger charge is -2.15. The molecule has 2 N–H and O–H groups in total. The summed E-state index contributed by atoms with van der Waals surface area (Å²) in [5.41, 5.74) is 0.794. The van der Waals surface area contributed by atoms with E-state index in [1.807, 2.05) is 0 Å². The van der Waals surface area contributed by atoms with E-state index in [9.17, 15) is 13.2 Å². The smallest absolute Gasteiger partial charge is 0.243 e. The number of halogens is 2. The zero-order valence-corrected chi connectivity index (χ0v) is 17.1. The van der Waals surface area contributed by atoms with Gasteiger partial charge < -0.3 is 20.1 Å². The lowest BCUT2D eigenvalue weighted by atomic mass is 10.2. The summed E-state index contributed by atoms with van der Waals surface area (Å²) in [6.45, 7) is -0.153. The monoisotopic (exact) mass is 432 g/mol. The molecule has 0 bridgehead atoms. The van der Waals surface area contributed by atoms with Gasteiger partial charge in [0.15, 0.2) is 9.84 Å². The molecule has 0 fully saturated rings. The molecule has 146 valence electrons. The molecule has 2 aromatic carbocycles. The van der Waals surface area contributed by atoms with Crippen molar-refractivity contribution in [1.82, 2.24) is 0 Å². The van der Waals surface area contributed by atoms with Gasteiger partial charge in [0.2, 0.25) is 5.91 Å². The minimum absolute atomic E-state index is 0.111. The number of hydrogen-bond acceptors (Lipinski definition) is 6. The topological polar surface area (TPSA) is 93.7 Å². The van der Waals surface area contributed by atoms with Crippen LogP contribution in [0.1, 0.15) is 0 Å². The molecule has 0 heterocycles. The van der Waals surface area contributed by atoms with E-state index in [-0.39, 0.29) is 38.8 Å². The number of ether oxygens (including phenoxy) is 2. The number of hydrogen-bond donors (Lipinski definition) is 2. The number of sulfone groups is 1. The summed E-state index contributed by atoms with van der Waals surface area (Å²) in [5, 5.41) is 5.27. The number of nitrogens with one attached hydrogen (secondary N) is 2. The highest BCUT2D eigenvalue weighted by atomic mass is 35.5. The average Bonchev–Trinajstić information content (AvgIpc) is 2.60. The first kappa shape index (κ1) is 21.1. The summed E-state index contributed by atoms with van der Waals surface area (Å²) in [7, 11) is -0.813. The summed E-state index contributed by atoms with van der Waals surface area (Å²) >= 11 is 12.2. The van der Waals surface area contributed by atoms with Gasteiger partial charge in [-0.25, -0.2) is 8.42 Å². The number of rotatable bonds is 7. The number of amides is 1. The average molecular weight is 433 g/mol. The molecule has 27 heavy (non-hydrogen) atoms. The Bertz CT molecular complexity index is 947. The molecule has 0 spiro atoms. The summed E-state index contributed by atoms with van der Waals surface area (Å²) in [6, 6.07) is 8.23. The van der Waals surface area contributed by atoms with Gasteiger partial charge in [0, 0.05) is 18.0 Å². The van der Waals surface area contributed by atoms with Crippen molar-refractivity contribution in [2.45, 2.75) is 4.90 Å². The summed E-state index contributed by atoms with van der Waals surface area (Å²) in [4.78, 5) is 11.9. The Morgan fingerprint density at radius 2 is 1.70 bits per heavy atom. The SMILES string of the molecule is COc1ccc(NC(=O)CNc2cc(OC)c(Cl)c(S(C)(=O)=O)c2Cl)cc1. The van der Waals surface area contributed by atoms with E-state index in [1.54, 1.807) is 31.4 Å². The third-order valence-corrected chi connectivity index (χ3v) is 5.67. The van der Waals surface area contributed by atoms with Crippen LogP contribution >= 0.6 is 23.2 Å². The number of anilines is 2. The van der Waals surface area contributed by atoms with Crippen LogP contribution in [-0.2, 0) is 14.6 Å². The number of benzene rings is 2. The standard InChI is InChI=1S/C17H18Cl2N2O5S/c1-25-11-6-4-10(5-7-11)21-14(22)9-20-12-8-13(26-2)16(19)17(15(12)18)27(3,23)24/h4-8,20H,9H2,1-3H3,(H,21,22). The summed E-state index contributed by atoms with van der Waals surface area (Å²) in [6.07, 6.45) is 0.986. The normalized spacial score (nSPS) is 11.0. The number of carbonyl (C=O) groups excluding carboxylic acids is 1. The molecule has 0 unspecified atom stereocenters. The molecule has 0 radical (unpaired) electrons. The second-order valence-corrected chi connectivity index (χ2v) is 8.19. The predicted octanol–water partition coefficient (Wildman–Crippen LogP) is 3.46. The van der Waals surface area contributed by atoms with Gasteiger partial charge in [0.1, 0.15) is 21.4 Å². The van der Waals surface area contributed by atoms with Gasteiger partial charge in [-0.3, -0.25) is 4.79 Å². The van der Waals surface area contributed by atoms with E-state index in [0.29, 0.717) is 11.4 Å². The first-order valence-electron chi connectivity index (χ1n) is 7.61. The van der Waals surface area contributed by atoms with Gasteiger partial charge in [-0.1, -0.05) is 23.2 Å². The predicted molar refractivity (Wildman–Crippen MR) is 106 cm³/mol. The van der Waals surface area contributed by atoms with Crippen LogP contribution in [0.15, 0.2) is 35.2 Å². The molecule has 0 aliphatic heterocycles. The largest absolute Gasteiger partial charge is 0.497 e. The van der Waals surface area contributed by atoms with Crippen molar-refractivity contribution in [3.63, 3.8) is 0 Å². The van der Waals surface area contributed by atoms with Crippen LogP contribution in [0.3, 0.4) is 0 Å². The highest BCUT2D eigenvalue weighted by Gasteiger charge is 2.24. The van der Waals surface area contributed by atoms with E-state index in [2.05, 4.69) is 10.6 Å². The van der Waals surface area contributed by atoms with Crippen molar-refractivity contribution in [3.05, 3.63) is 40.4 Å². The molecular formula is C17H18Cl2N2O5S. The Kier molecular flexibility index (Phi) is 6.80. The van der Waals surface area contributed by atoms with Gasteiger partial charge in [-0.2, -0.15) is 0 Å². The molecule has 0 aliphatic carbocycles. The molecule has 10 heteroatoms. The van der Waals surface area contributed by atoms with E-state index >= 15 is 0 Å². The Morgan fingerprint density at radius 1 is 1.07 bits per heavy atom. The van der Waals surface area contributed by atoms with E-state index < -0.39 is 9.84 Å². The molecule has 0 saturated heterocycles. The Hall–Kier alpha value is -2.16. The molecule has 2 aromatic rings. The van der Waals surface area contributed by atoms with Gasteiger partial charge in [0.05, 0.1) is 31.5 Å². The highest BCUT2D eigenvalue weighted by Crippen LogP contribution is 2.41. The molecule has 1 amide bonds. The second-order valence-electron chi connectivity index (χ2n) is 5.49. The molecule has 2 rings (SSSR count). The first-order valence-corrected chi connectivity index (χ1v) is 10.3. The van der Waals surface area contributed by atoms with Crippen molar-refractivity contribution in [1.29, 1.82) is 0 Å². The Labute approximate surface area is 167 Å². The van der Waals surface area contributed by atoms with E-state index in [4.69, 9.17) is 32.7 Å². The minimum Gasteiger partial charge on any atom is -0.497 e. The number of methoxy groups -OCH3 is 2. The van der Waals surface area contributed by atoms with Gasteiger partial charge in [-0.05, 0) is 24.3 Å². The highest BCUT2D eigenvalue weighted by molar-refractivity contribution is 7.91. The van der Waals surface area contributed by atoms with E-state index in [1.165, 1.54) is 13.2 Å². The molecular weight excluding hydrogens is 415 g/mol. The zero-order valence-electron chi connectivity index (χ0n) is 14.8. The maximum Gasteiger partial charge on any atom is 0.243 e. The molecule has 0 aromatic heterocycles. The minimum atomic E-state index is -3.71. The first-order chi connectivity index (χ1) is 12.7. The third-order valence-electron chi connectivity index (χ3n) is 3.53. The second kappa shape index (κ2) is 8.69. The maximum absolute atomic E-state index is 12.1. The van der Waals surface area contributed by atoms with Crippen LogP contribution in [0.5, 0.6) is 11.5 Å². The van der Waals surface area contributed by atoms with Crippen LogP contribution in [0.25, 0.3) is 0 Å². The Morgan fingerprint density at radius 3 is 2.22 bits per heavy atom. The molecule has 0 saturated carbocycles. The fourth-order valence-corrected chi connectivity index (χ4v) is 4.44. The van der Waals surface area contributed by atoms with Crippen molar-refractivity contribution < 1.29 is 22.7 Å². The van der Waals surface area contributed by atoms with Crippen molar-refractivity contribution >= 4 is 50.3 Å². The van der Waals surface area contributed by atoms with Crippen LogP contribution in [-0.4, -0.2) is 41.3 Å². The van der Waals surface area contributed by atoms with Crippen LogP contribution in [0, 0.1) is 0 Å². The molecule has 0 aliphatic rings. The van der Waals surface area contributed by atoms with Crippen LogP contribution in [0.2, 0.25) is 10.0 Å². The van der Waals surface area contributed by atoms with Gasteiger partial charge in [-0.15, -0.1) is 0 Å². The van der Waals surface area contributed by atoms with Crippen molar-refractivity contribution in [2.75, 3.05) is 37.7 Å². The maximum atomic E-state index is 12.1. The fourth-order valence-electron chi connectivity index (χ4n) is 2.25. The van der Waals surface area contributed by atoms with Crippen LogP contribution in [0.4, 0.5) is 11.4 Å². The molecule has 7 nitrogen and oxygen atoms in total. The lowest BCUT2D eigenvalue weighted by Crippen LogP contribution is -2.22. The van der Waals surface area contributed by atoms with Crippen LogP contribution < -0.4 is 20.1 Å². The quantitative estimate of drug-likeness (QED) is 0.695.